The third-order valence-electron chi connectivity index (χ3n) is 4.84. The van der Waals surface area contributed by atoms with Crippen LogP contribution in [0.5, 0.6) is 0 Å². The second-order valence-corrected chi connectivity index (χ2v) is 8.21. The van der Waals surface area contributed by atoms with Crippen molar-refractivity contribution in [2.75, 3.05) is 0 Å². The lowest BCUT2D eigenvalue weighted by atomic mass is 9.94. The fourth-order valence-electron chi connectivity index (χ4n) is 3.31. The Morgan fingerprint density at radius 2 is 1.96 bits per heavy atom. The molecule has 4 unspecified atom stereocenters. The molecule has 7 nitrogen and oxygen atoms in total. The Balaban J connectivity index is 1.69. The number of ether oxygens (including phenoxy) is 3. The fraction of sp³-hybridized carbons (Fsp3) is 0.353. The molecule has 1 aromatic rings. The molecule has 1 aromatic carbocycles. The molecular formula is C17H16O7S. The molecule has 3 aliphatic heterocycles. The summed E-state index contributed by atoms with van der Waals surface area (Å²) in [5, 5.41) is 10.1. The number of cyclic esters (lactones) is 1. The van der Waals surface area contributed by atoms with Gasteiger partial charge in [0, 0.05) is 16.7 Å². The average Bonchev–Trinajstić information content (AvgIpc) is 3.12. The first-order chi connectivity index (χ1) is 11.8. The van der Waals surface area contributed by atoms with Crippen molar-refractivity contribution >= 4 is 15.8 Å². The Morgan fingerprint density at radius 1 is 1.24 bits per heavy atom. The minimum absolute atomic E-state index is 0.196. The number of aliphatic hydroxyl groups is 1. The standard InChI is InChI=1S/C17H16O7S/c1-8-9(2)16(23-14(8)18)22-7-11-13-10-5-3-4-6-12(10)25(20,21)17(13)24-15(11)19/h3-7,13,15-17,19H,1-2H3/b11-7+. The van der Waals surface area contributed by atoms with Crippen molar-refractivity contribution in [2.24, 2.45) is 0 Å². The van der Waals surface area contributed by atoms with Gasteiger partial charge in [-0.25, -0.2) is 13.2 Å². The van der Waals surface area contributed by atoms with Crippen LogP contribution < -0.4 is 0 Å². The Bertz CT molecular complexity index is 928. The molecule has 4 atom stereocenters. The highest BCUT2D eigenvalue weighted by atomic mass is 32.2. The number of benzene rings is 1. The summed E-state index contributed by atoms with van der Waals surface area (Å²) >= 11 is 0. The quantitative estimate of drug-likeness (QED) is 0.625. The van der Waals surface area contributed by atoms with E-state index in [1.807, 2.05) is 0 Å². The zero-order valence-corrected chi connectivity index (χ0v) is 14.3. The third-order valence-corrected chi connectivity index (χ3v) is 6.82. The van der Waals surface area contributed by atoms with Gasteiger partial charge in [-0.15, -0.1) is 0 Å². The van der Waals surface area contributed by atoms with Crippen molar-refractivity contribution in [3.8, 4) is 0 Å². The highest BCUT2D eigenvalue weighted by molar-refractivity contribution is 7.92. The number of aliphatic hydroxyl groups excluding tert-OH is 1. The summed E-state index contributed by atoms with van der Waals surface area (Å²) in [6.45, 7) is 3.35. The van der Waals surface area contributed by atoms with Crippen LogP contribution in [0.15, 0.2) is 52.1 Å². The van der Waals surface area contributed by atoms with Crippen LogP contribution in [0.25, 0.3) is 0 Å². The zero-order valence-electron chi connectivity index (χ0n) is 13.5. The Labute approximate surface area is 144 Å². The van der Waals surface area contributed by atoms with E-state index in [-0.39, 0.29) is 10.5 Å². The van der Waals surface area contributed by atoms with E-state index in [0.29, 0.717) is 16.7 Å². The number of sulfone groups is 1. The zero-order chi connectivity index (χ0) is 17.9. The van der Waals surface area contributed by atoms with E-state index >= 15 is 0 Å². The molecule has 0 saturated carbocycles. The number of hydrogen-bond donors (Lipinski definition) is 1. The molecule has 8 heteroatoms. The molecule has 1 fully saturated rings. The van der Waals surface area contributed by atoms with Gasteiger partial charge in [0.25, 0.3) is 6.29 Å². The number of hydrogen-bond acceptors (Lipinski definition) is 7. The van der Waals surface area contributed by atoms with Gasteiger partial charge in [-0.3, -0.25) is 0 Å². The van der Waals surface area contributed by atoms with Crippen molar-refractivity contribution in [1.82, 2.24) is 0 Å². The van der Waals surface area contributed by atoms with Gasteiger partial charge in [0.2, 0.25) is 9.84 Å². The van der Waals surface area contributed by atoms with Gasteiger partial charge < -0.3 is 19.3 Å². The van der Waals surface area contributed by atoms with E-state index in [4.69, 9.17) is 14.2 Å². The Kier molecular flexibility index (Phi) is 3.54. The van der Waals surface area contributed by atoms with Gasteiger partial charge in [0.05, 0.1) is 17.1 Å². The van der Waals surface area contributed by atoms with Crippen LogP contribution in [0.3, 0.4) is 0 Å². The van der Waals surface area contributed by atoms with Crippen LogP contribution >= 0.6 is 0 Å². The molecule has 3 heterocycles. The second kappa shape index (κ2) is 5.42. The number of esters is 1. The normalized spacial score (nSPS) is 34.2. The van der Waals surface area contributed by atoms with E-state index in [1.165, 1.54) is 12.3 Å². The van der Waals surface area contributed by atoms with Crippen molar-refractivity contribution < 1.29 is 32.5 Å². The van der Waals surface area contributed by atoms with Gasteiger partial charge >= 0.3 is 5.97 Å². The predicted molar refractivity (Wildman–Crippen MR) is 84.7 cm³/mol. The fourth-order valence-corrected chi connectivity index (χ4v) is 5.26. The topological polar surface area (TPSA) is 99.1 Å². The van der Waals surface area contributed by atoms with Crippen LogP contribution in [0.1, 0.15) is 25.3 Å². The lowest BCUT2D eigenvalue weighted by Crippen LogP contribution is -2.19. The van der Waals surface area contributed by atoms with Gasteiger partial charge in [-0.1, -0.05) is 18.2 Å². The molecule has 1 N–H and O–H groups in total. The summed E-state index contributed by atoms with van der Waals surface area (Å²) in [4.78, 5) is 11.7. The first-order valence-electron chi connectivity index (χ1n) is 7.72. The average molecular weight is 364 g/mol. The van der Waals surface area contributed by atoms with E-state index in [9.17, 15) is 18.3 Å². The molecule has 25 heavy (non-hydrogen) atoms. The summed E-state index contributed by atoms with van der Waals surface area (Å²) in [6, 6.07) is 6.58. The molecule has 0 radical (unpaired) electrons. The van der Waals surface area contributed by atoms with Gasteiger partial charge in [-0.2, -0.15) is 0 Å². The van der Waals surface area contributed by atoms with Crippen LogP contribution in [-0.2, 0) is 28.8 Å². The van der Waals surface area contributed by atoms with Gasteiger partial charge in [-0.05, 0) is 25.5 Å². The number of fused-ring (bicyclic) bond motifs is 3. The first kappa shape index (κ1) is 16.3. The number of rotatable bonds is 2. The van der Waals surface area contributed by atoms with E-state index < -0.39 is 39.7 Å². The summed E-state index contributed by atoms with van der Waals surface area (Å²) in [5.74, 6) is -1.12. The smallest absolute Gasteiger partial charge is 0.337 e. The van der Waals surface area contributed by atoms with Crippen molar-refractivity contribution in [1.29, 1.82) is 0 Å². The van der Waals surface area contributed by atoms with Crippen molar-refractivity contribution in [3.05, 3.63) is 52.8 Å². The molecule has 0 amide bonds. The van der Waals surface area contributed by atoms with E-state index in [0.717, 1.165) is 0 Å². The largest absolute Gasteiger partial charge is 0.458 e. The van der Waals surface area contributed by atoms with E-state index in [1.54, 1.807) is 32.0 Å². The molecule has 0 bridgehead atoms. The van der Waals surface area contributed by atoms with Crippen LogP contribution in [0.2, 0.25) is 0 Å². The van der Waals surface area contributed by atoms with Crippen LogP contribution in [-0.4, -0.2) is 37.5 Å². The van der Waals surface area contributed by atoms with Crippen molar-refractivity contribution in [3.63, 3.8) is 0 Å². The number of carbonyl (C=O) groups is 1. The molecule has 132 valence electrons. The van der Waals surface area contributed by atoms with Crippen LogP contribution in [0.4, 0.5) is 0 Å². The summed E-state index contributed by atoms with van der Waals surface area (Å²) in [5.41, 5.74) is 0.765. The number of carbonyl (C=O) groups excluding carboxylic acids is 1. The van der Waals surface area contributed by atoms with Gasteiger partial charge in [0.15, 0.2) is 11.7 Å². The highest BCUT2D eigenvalue weighted by Crippen LogP contribution is 2.50. The molecule has 3 aliphatic rings. The maximum atomic E-state index is 12.6. The van der Waals surface area contributed by atoms with Gasteiger partial charge in [0.1, 0.15) is 0 Å². The molecule has 0 aromatic heterocycles. The molecule has 0 aliphatic carbocycles. The monoisotopic (exact) mass is 364 g/mol. The molecule has 1 saturated heterocycles. The molecule has 0 spiro atoms. The second-order valence-electron chi connectivity index (χ2n) is 6.22. The molecule has 4 rings (SSSR count). The highest BCUT2D eigenvalue weighted by Gasteiger charge is 2.54. The minimum Gasteiger partial charge on any atom is -0.458 e. The first-order valence-corrected chi connectivity index (χ1v) is 9.27. The maximum Gasteiger partial charge on any atom is 0.337 e. The SMILES string of the molecule is CC1=C(C)C(O/C=C2/C(O)OC3C2c2ccccc2S3(=O)=O)OC1=O. The van der Waals surface area contributed by atoms with Crippen molar-refractivity contribution in [2.45, 2.75) is 42.7 Å². The summed E-state index contributed by atoms with van der Waals surface area (Å²) in [6.07, 6.45) is -1.05. The van der Waals surface area contributed by atoms with Crippen LogP contribution in [0, 0.1) is 0 Å². The summed E-state index contributed by atoms with van der Waals surface area (Å²) in [7, 11) is -3.69. The molecular weight excluding hydrogens is 348 g/mol. The van der Waals surface area contributed by atoms with E-state index in [2.05, 4.69) is 0 Å². The third kappa shape index (κ3) is 2.25. The Hall–Kier alpha value is -2.16. The lowest BCUT2D eigenvalue weighted by Gasteiger charge is -2.14. The minimum atomic E-state index is -3.69. The Morgan fingerprint density at radius 3 is 2.64 bits per heavy atom. The lowest BCUT2D eigenvalue weighted by molar-refractivity contribution is -0.153. The maximum absolute atomic E-state index is 12.6. The predicted octanol–water partition coefficient (Wildman–Crippen LogP) is 1.35. The summed E-state index contributed by atoms with van der Waals surface area (Å²) < 4.78 is 41.0.